The zero-order valence-electron chi connectivity index (χ0n) is 19.4. The van der Waals surface area contributed by atoms with Crippen molar-refractivity contribution in [2.24, 2.45) is 0 Å². The first-order chi connectivity index (χ1) is 17.1. The molecule has 2 amide bonds. The fourth-order valence-corrected chi connectivity index (χ4v) is 4.00. The number of benzene rings is 3. The first-order valence-electron chi connectivity index (χ1n) is 11.6. The van der Waals surface area contributed by atoms with Crippen LogP contribution in [0.25, 0.3) is 16.9 Å². The summed E-state index contributed by atoms with van der Waals surface area (Å²) in [6, 6.07) is 26.6. The minimum Gasteiger partial charge on any atom is -0.497 e. The minimum atomic E-state index is -0.296. The highest BCUT2D eigenvalue weighted by Gasteiger charge is 2.34. The molecule has 0 aliphatic heterocycles. The van der Waals surface area contributed by atoms with E-state index in [0.717, 1.165) is 29.8 Å². The Bertz CT molecular complexity index is 1330. The summed E-state index contributed by atoms with van der Waals surface area (Å²) in [7, 11) is 1.56. The lowest BCUT2D eigenvalue weighted by Gasteiger charge is -2.22. The summed E-state index contributed by atoms with van der Waals surface area (Å²) in [6.45, 7) is -0.0525. The molecule has 35 heavy (non-hydrogen) atoms. The number of anilines is 1. The zero-order valence-corrected chi connectivity index (χ0v) is 19.4. The third-order valence-corrected chi connectivity index (χ3v) is 5.94. The van der Waals surface area contributed by atoms with E-state index >= 15 is 0 Å². The monoisotopic (exact) mass is 466 g/mol. The van der Waals surface area contributed by atoms with Crippen LogP contribution >= 0.6 is 0 Å². The van der Waals surface area contributed by atoms with Gasteiger partial charge in [-0.15, -0.1) is 0 Å². The van der Waals surface area contributed by atoms with E-state index in [2.05, 4.69) is 5.32 Å². The molecule has 1 aromatic heterocycles. The molecule has 176 valence electrons. The van der Waals surface area contributed by atoms with E-state index in [-0.39, 0.29) is 24.4 Å². The Kier molecular flexibility index (Phi) is 6.30. The largest absolute Gasteiger partial charge is 0.497 e. The van der Waals surface area contributed by atoms with E-state index in [4.69, 9.17) is 9.72 Å². The maximum Gasteiger partial charge on any atom is 0.254 e. The average molecular weight is 467 g/mol. The van der Waals surface area contributed by atoms with Gasteiger partial charge in [0.05, 0.1) is 12.8 Å². The van der Waals surface area contributed by atoms with Crippen LogP contribution in [0.4, 0.5) is 5.95 Å². The number of aromatic nitrogens is 2. The van der Waals surface area contributed by atoms with Crippen LogP contribution in [0.1, 0.15) is 23.2 Å². The van der Waals surface area contributed by atoms with Crippen LogP contribution in [0.5, 0.6) is 5.75 Å². The number of carbonyl (C=O) groups is 2. The standard InChI is InChI=1S/C28H26N4O3/c1-35-24-14-8-11-21(17-24)27(34)31(23-15-16-23)19-26(33)30-28-29-25(20-9-4-2-5-10-20)18-32(28)22-12-6-3-7-13-22/h2-14,17-18,23H,15-16,19H2,1H3,(H,29,30,33). The molecule has 0 saturated heterocycles. The Morgan fingerprint density at radius 3 is 2.40 bits per heavy atom. The van der Waals surface area contributed by atoms with Crippen LogP contribution in [0.3, 0.4) is 0 Å². The van der Waals surface area contributed by atoms with Gasteiger partial charge in [0.2, 0.25) is 11.9 Å². The molecule has 1 fully saturated rings. The summed E-state index contributed by atoms with van der Waals surface area (Å²) in [5.41, 5.74) is 3.08. The van der Waals surface area contributed by atoms with Crippen molar-refractivity contribution in [3.05, 3.63) is 96.7 Å². The number of nitrogens with zero attached hydrogens (tertiary/aromatic N) is 3. The van der Waals surface area contributed by atoms with Crippen molar-refractivity contribution in [2.75, 3.05) is 19.0 Å². The fourth-order valence-electron chi connectivity index (χ4n) is 4.00. The Morgan fingerprint density at radius 1 is 1.00 bits per heavy atom. The Hall–Kier alpha value is -4.39. The van der Waals surface area contributed by atoms with Crippen molar-refractivity contribution < 1.29 is 14.3 Å². The van der Waals surface area contributed by atoms with Crippen molar-refractivity contribution in [1.82, 2.24) is 14.5 Å². The molecule has 7 nitrogen and oxygen atoms in total. The molecule has 1 aliphatic carbocycles. The number of hydrogen-bond donors (Lipinski definition) is 1. The van der Waals surface area contributed by atoms with Gasteiger partial charge in [0.1, 0.15) is 12.3 Å². The highest BCUT2D eigenvalue weighted by atomic mass is 16.5. The molecule has 0 radical (unpaired) electrons. The van der Waals surface area contributed by atoms with E-state index in [1.54, 1.807) is 36.3 Å². The number of imidazole rings is 1. The molecular formula is C28H26N4O3. The lowest BCUT2D eigenvalue weighted by atomic mass is 10.2. The van der Waals surface area contributed by atoms with Crippen LogP contribution in [0.2, 0.25) is 0 Å². The van der Waals surface area contributed by atoms with Gasteiger partial charge in [-0.05, 0) is 43.2 Å². The molecule has 1 heterocycles. The first-order valence-corrected chi connectivity index (χ1v) is 11.6. The van der Waals surface area contributed by atoms with E-state index < -0.39 is 0 Å². The number of amides is 2. The van der Waals surface area contributed by atoms with Gasteiger partial charge >= 0.3 is 0 Å². The Labute approximate surface area is 204 Å². The van der Waals surface area contributed by atoms with Crippen LogP contribution < -0.4 is 10.1 Å². The first kappa shape index (κ1) is 22.4. The van der Waals surface area contributed by atoms with Gasteiger partial charge in [0.15, 0.2) is 0 Å². The molecule has 3 aromatic carbocycles. The quantitative estimate of drug-likeness (QED) is 0.405. The summed E-state index contributed by atoms with van der Waals surface area (Å²) in [5, 5.41) is 2.94. The predicted molar refractivity (Wildman–Crippen MR) is 135 cm³/mol. The summed E-state index contributed by atoms with van der Waals surface area (Å²) < 4.78 is 7.11. The highest BCUT2D eigenvalue weighted by molar-refractivity contribution is 5.99. The van der Waals surface area contributed by atoms with Crippen molar-refractivity contribution in [1.29, 1.82) is 0 Å². The van der Waals surface area contributed by atoms with E-state index in [1.165, 1.54) is 0 Å². The van der Waals surface area contributed by atoms with Crippen LogP contribution in [0, 0.1) is 0 Å². The molecular weight excluding hydrogens is 440 g/mol. The van der Waals surface area contributed by atoms with Gasteiger partial charge in [0.25, 0.3) is 5.91 Å². The second-order valence-corrected chi connectivity index (χ2v) is 8.47. The molecule has 0 bridgehead atoms. The summed E-state index contributed by atoms with van der Waals surface area (Å²) in [5.74, 6) is 0.535. The van der Waals surface area contributed by atoms with Crippen LogP contribution in [-0.2, 0) is 4.79 Å². The lowest BCUT2D eigenvalue weighted by molar-refractivity contribution is -0.117. The SMILES string of the molecule is COc1cccc(C(=O)N(CC(=O)Nc2nc(-c3ccccc3)cn2-c2ccccc2)C2CC2)c1. The Balaban J connectivity index is 1.39. The molecule has 1 aliphatic rings. The van der Waals surface area contributed by atoms with Gasteiger partial charge in [0, 0.05) is 29.1 Å². The van der Waals surface area contributed by atoms with E-state index in [9.17, 15) is 9.59 Å². The summed E-state index contributed by atoms with van der Waals surface area (Å²) in [6.07, 6.45) is 3.68. The molecule has 0 unspecified atom stereocenters. The molecule has 5 rings (SSSR count). The number of para-hydroxylation sites is 1. The maximum atomic E-state index is 13.2. The smallest absolute Gasteiger partial charge is 0.254 e. The highest BCUT2D eigenvalue weighted by Crippen LogP contribution is 2.29. The normalized spacial score (nSPS) is 12.7. The number of methoxy groups -OCH3 is 1. The van der Waals surface area contributed by atoms with Gasteiger partial charge in [-0.2, -0.15) is 0 Å². The zero-order chi connectivity index (χ0) is 24.2. The maximum absolute atomic E-state index is 13.2. The summed E-state index contributed by atoms with van der Waals surface area (Å²) >= 11 is 0. The lowest BCUT2D eigenvalue weighted by Crippen LogP contribution is -2.39. The number of rotatable bonds is 8. The predicted octanol–water partition coefficient (Wildman–Crippen LogP) is 4.79. The number of ether oxygens (including phenoxy) is 1. The van der Waals surface area contributed by atoms with Crippen molar-refractivity contribution in [3.63, 3.8) is 0 Å². The Morgan fingerprint density at radius 2 is 1.71 bits per heavy atom. The molecule has 1 saturated carbocycles. The number of nitrogens with one attached hydrogen (secondary N) is 1. The van der Waals surface area contributed by atoms with Gasteiger partial charge in [-0.1, -0.05) is 54.6 Å². The molecule has 4 aromatic rings. The van der Waals surface area contributed by atoms with Crippen molar-refractivity contribution in [3.8, 4) is 22.7 Å². The number of hydrogen-bond acceptors (Lipinski definition) is 4. The van der Waals surface area contributed by atoms with Crippen molar-refractivity contribution in [2.45, 2.75) is 18.9 Å². The van der Waals surface area contributed by atoms with E-state index in [1.807, 2.05) is 71.4 Å². The molecule has 1 N–H and O–H groups in total. The average Bonchev–Trinajstić information content (AvgIpc) is 3.67. The summed E-state index contributed by atoms with van der Waals surface area (Å²) in [4.78, 5) is 32.7. The topological polar surface area (TPSA) is 76.5 Å². The molecule has 0 atom stereocenters. The fraction of sp³-hybridized carbons (Fsp3) is 0.179. The minimum absolute atomic E-state index is 0.0525. The number of carbonyl (C=O) groups excluding carboxylic acids is 2. The van der Waals surface area contributed by atoms with Crippen LogP contribution in [-0.4, -0.2) is 46.0 Å². The van der Waals surface area contributed by atoms with E-state index in [0.29, 0.717) is 17.3 Å². The second-order valence-electron chi connectivity index (χ2n) is 8.47. The molecule has 7 heteroatoms. The van der Waals surface area contributed by atoms with Gasteiger partial charge in [-0.3, -0.25) is 19.5 Å². The van der Waals surface area contributed by atoms with Crippen LogP contribution in [0.15, 0.2) is 91.1 Å². The van der Waals surface area contributed by atoms with Crippen molar-refractivity contribution >= 4 is 17.8 Å². The van der Waals surface area contributed by atoms with Gasteiger partial charge in [-0.25, -0.2) is 4.98 Å². The molecule has 0 spiro atoms. The third kappa shape index (κ3) is 5.09. The van der Waals surface area contributed by atoms with Gasteiger partial charge < -0.3 is 9.64 Å². The second kappa shape index (κ2) is 9.85. The third-order valence-electron chi connectivity index (χ3n) is 5.94.